The molecule has 3 aromatic carbocycles. The summed E-state index contributed by atoms with van der Waals surface area (Å²) in [5.74, 6) is 0.309. The highest BCUT2D eigenvalue weighted by molar-refractivity contribution is 6.10. The van der Waals surface area contributed by atoms with Gasteiger partial charge in [0.1, 0.15) is 11.5 Å². The number of fused-ring (bicyclic) bond motifs is 12. The fraction of sp³-hybridized carbons (Fsp3) is 0.391. The minimum Gasteiger partial charge on any atom is -0.507 e. The fourth-order valence-corrected chi connectivity index (χ4v) is 3.90. The molecule has 29 heavy (non-hydrogen) atoms. The van der Waals surface area contributed by atoms with E-state index in [2.05, 4.69) is 10.6 Å². The van der Waals surface area contributed by atoms with Crippen LogP contribution in [0.3, 0.4) is 0 Å². The predicted octanol–water partition coefficient (Wildman–Crippen LogP) is 2.01. The smallest absolute Gasteiger partial charge is 0.133 e. The molecule has 2 aliphatic heterocycles. The largest absolute Gasteiger partial charge is 0.507 e. The molecule has 0 atom stereocenters. The summed E-state index contributed by atoms with van der Waals surface area (Å²) in [6.07, 6.45) is 2.94. The lowest BCUT2D eigenvalue weighted by Crippen LogP contribution is -2.24. The second-order valence-electron chi connectivity index (χ2n) is 7.42. The van der Waals surface area contributed by atoms with Crippen molar-refractivity contribution in [1.82, 2.24) is 10.6 Å². The van der Waals surface area contributed by atoms with E-state index in [0.717, 1.165) is 45.4 Å². The molecule has 2 aliphatic rings. The second kappa shape index (κ2) is 9.20. The Balaban J connectivity index is 1.89. The molecule has 4 N–H and O–H groups in total. The van der Waals surface area contributed by atoms with Crippen LogP contribution in [-0.4, -0.2) is 49.5 Å². The normalized spacial score (nSPS) is 17.0. The number of phenolic OH excluding ortho intramolecular Hbond substituents is 2. The first-order valence-electron chi connectivity index (χ1n) is 10.4. The Morgan fingerprint density at radius 3 is 1.55 bits per heavy atom. The van der Waals surface area contributed by atoms with Crippen LogP contribution in [0.1, 0.15) is 19.3 Å². The van der Waals surface area contributed by atoms with Crippen molar-refractivity contribution in [2.24, 2.45) is 9.98 Å². The average molecular weight is 393 g/mol. The van der Waals surface area contributed by atoms with Gasteiger partial charge in [0, 0.05) is 23.9 Å². The number of rotatable bonds is 0. The zero-order valence-electron chi connectivity index (χ0n) is 16.6. The Bertz CT molecular complexity index is 1040. The summed E-state index contributed by atoms with van der Waals surface area (Å²) in [6.45, 7) is 5.14. The zero-order chi connectivity index (χ0) is 20.1. The van der Waals surface area contributed by atoms with Gasteiger partial charge >= 0.3 is 0 Å². The van der Waals surface area contributed by atoms with Crippen LogP contribution in [0.2, 0.25) is 0 Å². The van der Waals surface area contributed by atoms with E-state index < -0.39 is 0 Å². The molecule has 0 saturated heterocycles. The van der Waals surface area contributed by atoms with Crippen LogP contribution in [0, 0.1) is 0 Å². The Hall–Kier alpha value is -2.70. The summed E-state index contributed by atoms with van der Waals surface area (Å²) >= 11 is 0. The number of phenols is 2. The third-order valence-corrected chi connectivity index (χ3v) is 5.36. The van der Waals surface area contributed by atoms with Crippen molar-refractivity contribution >= 4 is 21.5 Å². The topological polar surface area (TPSA) is 89.2 Å². The Labute approximate surface area is 170 Å². The standard InChI is InChI=1S/C23H28N4O2/c28-22-16-6-1-8-18-20(16)23(29)17-7-2-9-19(21(17)22)27-15-5-13-25-11-3-10-24-12-4-14-26-18/h1-2,6-9,24-25,28-29H,3-5,10-15H2. The maximum Gasteiger partial charge on any atom is 0.133 e. The summed E-state index contributed by atoms with van der Waals surface area (Å²) in [5.41, 5.74) is 0. The lowest BCUT2D eigenvalue weighted by atomic mass is 9.99. The van der Waals surface area contributed by atoms with Crippen LogP contribution >= 0.6 is 0 Å². The lowest BCUT2D eigenvalue weighted by Gasteiger charge is -2.10. The highest BCUT2D eigenvalue weighted by atomic mass is 16.3. The van der Waals surface area contributed by atoms with E-state index in [1.54, 1.807) is 0 Å². The molecule has 152 valence electrons. The van der Waals surface area contributed by atoms with Gasteiger partial charge in [0.05, 0.1) is 21.5 Å². The third-order valence-electron chi connectivity index (χ3n) is 5.36. The Morgan fingerprint density at radius 2 is 1.07 bits per heavy atom. The van der Waals surface area contributed by atoms with Crippen molar-refractivity contribution in [1.29, 1.82) is 0 Å². The summed E-state index contributed by atoms with van der Waals surface area (Å²) in [4.78, 5) is 9.40. The number of nitrogens with one attached hydrogen (secondary N) is 2. The molecular weight excluding hydrogens is 364 g/mol. The number of benzene rings is 3. The summed E-state index contributed by atoms with van der Waals surface area (Å²) < 4.78 is 0. The van der Waals surface area contributed by atoms with Crippen molar-refractivity contribution in [3.8, 4) is 11.5 Å². The number of hydrogen-bond donors (Lipinski definition) is 4. The van der Waals surface area contributed by atoms with Crippen molar-refractivity contribution in [2.45, 2.75) is 19.3 Å². The quantitative estimate of drug-likeness (QED) is 0.348. The number of aromatic hydroxyl groups is 2. The van der Waals surface area contributed by atoms with Crippen LogP contribution in [0.15, 0.2) is 46.4 Å². The van der Waals surface area contributed by atoms with Crippen molar-refractivity contribution < 1.29 is 10.2 Å². The molecule has 2 heterocycles. The predicted molar refractivity (Wildman–Crippen MR) is 116 cm³/mol. The number of hydrogen-bond acceptors (Lipinski definition) is 6. The SMILES string of the molecule is Oc1c2cccc3c2c(O)c2cccc(c12)=NCCCNCCCNCCCN=3. The third kappa shape index (κ3) is 4.18. The van der Waals surface area contributed by atoms with Crippen LogP contribution in [0.25, 0.3) is 21.5 Å². The van der Waals surface area contributed by atoms with E-state index in [4.69, 9.17) is 9.98 Å². The van der Waals surface area contributed by atoms with Crippen LogP contribution in [0.4, 0.5) is 0 Å². The minimum atomic E-state index is 0.155. The number of nitrogens with zero attached hydrogens (tertiary/aromatic N) is 2. The van der Waals surface area contributed by atoms with Crippen LogP contribution < -0.4 is 21.3 Å². The minimum absolute atomic E-state index is 0.155. The van der Waals surface area contributed by atoms with Gasteiger partial charge in [-0.25, -0.2) is 0 Å². The molecule has 0 amide bonds. The van der Waals surface area contributed by atoms with Gasteiger partial charge in [0.15, 0.2) is 0 Å². The molecule has 0 spiro atoms. The first kappa shape index (κ1) is 19.6. The molecule has 5 rings (SSSR count). The first-order valence-corrected chi connectivity index (χ1v) is 10.4. The zero-order valence-corrected chi connectivity index (χ0v) is 16.6. The van der Waals surface area contributed by atoms with E-state index in [9.17, 15) is 10.2 Å². The molecule has 0 aromatic heterocycles. The van der Waals surface area contributed by atoms with Crippen LogP contribution in [-0.2, 0) is 0 Å². The molecule has 0 saturated carbocycles. The molecule has 0 aliphatic carbocycles. The van der Waals surface area contributed by atoms with E-state index in [0.29, 0.717) is 45.3 Å². The molecular formula is C23H28N4O2. The first-order chi connectivity index (χ1) is 14.3. The Morgan fingerprint density at radius 1 is 0.621 bits per heavy atom. The van der Waals surface area contributed by atoms with E-state index in [-0.39, 0.29) is 11.5 Å². The van der Waals surface area contributed by atoms with Gasteiger partial charge in [0.25, 0.3) is 0 Å². The molecule has 6 bridgehead atoms. The molecule has 0 fully saturated rings. The molecule has 6 heteroatoms. The van der Waals surface area contributed by atoms with Crippen molar-refractivity contribution in [3.63, 3.8) is 0 Å². The van der Waals surface area contributed by atoms with Crippen LogP contribution in [0.5, 0.6) is 11.5 Å². The van der Waals surface area contributed by atoms with Gasteiger partial charge in [-0.1, -0.05) is 24.3 Å². The average Bonchev–Trinajstić information content (AvgIpc) is 2.74. The Kier molecular flexibility index (Phi) is 6.22. The van der Waals surface area contributed by atoms with E-state index in [1.165, 1.54) is 0 Å². The highest BCUT2D eigenvalue weighted by Gasteiger charge is 2.15. The van der Waals surface area contributed by atoms with Gasteiger partial charge in [-0.15, -0.1) is 0 Å². The van der Waals surface area contributed by atoms with E-state index in [1.807, 2.05) is 36.4 Å². The van der Waals surface area contributed by atoms with Gasteiger partial charge in [-0.05, 0) is 57.6 Å². The summed E-state index contributed by atoms with van der Waals surface area (Å²) in [6, 6.07) is 11.2. The molecule has 3 aromatic rings. The van der Waals surface area contributed by atoms with Gasteiger partial charge in [-0.3, -0.25) is 9.98 Å². The van der Waals surface area contributed by atoms with Gasteiger partial charge in [0.2, 0.25) is 0 Å². The fourth-order valence-electron chi connectivity index (χ4n) is 3.90. The van der Waals surface area contributed by atoms with Gasteiger partial charge in [-0.2, -0.15) is 0 Å². The summed E-state index contributed by atoms with van der Waals surface area (Å²) in [5, 5.41) is 32.9. The molecule has 0 unspecified atom stereocenters. The maximum atomic E-state index is 11.1. The van der Waals surface area contributed by atoms with Gasteiger partial charge < -0.3 is 20.8 Å². The lowest BCUT2D eigenvalue weighted by molar-refractivity contribution is 0.478. The molecule has 6 nitrogen and oxygen atoms in total. The van der Waals surface area contributed by atoms with Crippen molar-refractivity contribution in [3.05, 3.63) is 47.1 Å². The monoisotopic (exact) mass is 392 g/mol. The summed E-state index contributed by atoms with van der Waals surface area (Å²) in [7, 11) is 0. The molecule has 0 radical (unpaired) electrons. The van der Waals surface area contributed by atoms with Crippen molar-refractivity contribution in [2.75, 3.05) is 39.3 Å². The van der Waals surface area contributed by atoms with E-state index >= 15 is 0 Å². The highest BCUT2D eigenvalue weighted by Crippen LogP contribution is 2.38. The maximum absolute atomic E-state index is 11.1. The second-order valence-corrected chi connectivity index (χ2v) is 7.42.